The van der Waals surface area contributed by atoms with E-state index in [-0.39, 0.29) is 6.04 Å². The first kappa shape index (κ1) is 13.2. The maximum absolute atomic E-state index is 5.93. The molecule has 3 rings (SSSR count). The Morgan fingerprint density at radius 3 is 2.50 bits per heavy atom. The minimum atomic E-state index is 0.146. The van der Waals surface area contributed by atoms with E-state index in [0.29, 0.717) is 0 Å². The average Bonchev–Trinajstić information content (AvgIpc) is 2.48. The van der Waals surface area contributed by atoms with Gasteiger partial charge in [0.15, 0.2) is 0 Å². The van der Waals surface area contributed by atoms with E-state index < -0.39 is 0 Å². The molecule has 4 heteroatoms. The van der Waals surface area contributed by atoms with Crippen molar-refractivity contribution in [3.05, 3.63) is 70.7 Å². The fourth-order valence-electron chi connectivity index (χ4n) is 2.31. The van der Waals surface area contributed by atoms with E-state index in [1.54, 1.807) is 0 Å². The summed E-state index contributed by atoms with van der Waals surface area (Å²) in [5.41, 5.74) is 5.56. The Kier molecular flexibility index (Phi) is 3.72. The van der Waals surface area contributed by atoms with Crippen molar-refractivity contribution < 1.29 is 0 Å². The quantitative estimate of drug-likeness (QED) is 0.917. The Hall–Kier alpha value is -1.84. The Morgan fingerprint density at radius 2 is 1.80 bits per heavy atom. The largest absolute Gasteiger partial charge is 0.303 e. The summed E-state index contributed by atoms with van der Waals surface area (Å²) < 4.78 is 0. The zero-order chi connectivity index (χ0) is 13.9. The van der Waals surface area contributed by atoms with E-state index in [9.17, 15) is 0 Å². The number of likely N-dealkylation sites (N-methyl/N-ethyl adjacent to an activating group) is 1. The van der Waals surface area contributed by atoms with Crippen molar-refractivity contribution in [2.24, 2.45) is 4.99 Å². The molecule has 1 aliphatic rings. The van der Waals surface area contributed by atoms with Crippen LogP contribution in [-0.4, -0.2) is 24.4 Å². The van der Waals surface area contributed by atoms with Crippen LogP contribution in [0.15, 0.2) is 59.6 Å². The third-order valence-corrected chi connectivity index (χ3v) is 3.58. The Morgan fingerprint density at radius 1 is 1.10 bits per heavy atom. The van der Waals surface area contributed by atoms with Crippen LogP contribution in [0.2, 0.25) is 5.02 Å². The second-order valence-corrected chi connectivity index (χ2v) is 5.34. The maximum Gasteiger partial charge on any atom is 0.143 e. The van der Waals surface area contributed by atoms with Crippen LogP contribution < -0.4 is 5.43 Å². The van der Waals surface area contributed by atoms with Crippen molar-refractivity contribution in [2.75, 3.05) is 13.6 Å². The Bertz CT molecular complexity index is 607. The van der Waals surface area contributed by atoms with Crippen molar-refractivity contribution in [1.29, 1.82) is 0 Å². The molecule has 20 heavy (non-hydrogen) atoms. The van der Waals surface area contributed by atoms with Gasteiger partial charge < -0.3 is 5.43 Å². The number of nitrogens with zero attached hydrogens (tertiary/aromatic N) is 2. The normalized spacial score (nSPS) is 19.3. The van der Waals surface area contributed by atoms with Gasteiger partial charge in [-0.2, -0.15) is 0 Å². The van der Waals surface area contributed by atoms with Crippen LogP contribution in [0.4, 0.5) is 0 Å². The summed E-state index contributed by atoms with van der Waals surface area (Å²) in [6.45, 7) is 0.848. The van der Waals surface area contributed by atoms with Crippen LogP contribution in [-0.2, 0) is 0 Å². The van der Waals surface area contributed by atoms with Crippen molar-refractivity contribution in [2.45, 2.75) is 6.04 Å². The van der Waals surface area contributed by atoms with E-state index >= 15 is 0 Å². The lowest BCUT2D eigenvalue weighted by molar-refractivity contribution is 0.257. The van der Waals surface area contributed by atoms with Crippen molar-refractivity contribution >= 4 is 17.4 Å². The van der Waals surface area contributed by atoms with E-state index in [1.165, 1.54) is 5.56 Å². The van der Waals surface area contributed by atoms with Gasteiger partial charge in [-0.1, -0.05) is 41.9 Å². The molecule has 0 bridgehead atoms. The Labute approximate surface area is 123 Å². The third kappa shape index (κ3) is 2.84. The van der Waals surface area contributed by atoms with E-state index in [4.69, 9.17) is 16.6 Å². The summed E-state index contributed by atoms with van der Waals surface area (Å²) in [4.78, 5) is 4.82. The second kappa shape index (κ2) is 5.65. The highest BCUT2D eigenvalue weighted by Gasteiger charge is 2.20. The van der Waals surface area contributed by atoms with Gasteiger partial charge in [0.2, 0.25) is 0 Å². The summed E-state index contributed by atoms with van der Waals surface area (Å²) in [6.07, 6.45) is 0. The first-order valence-electron chi connectivity index (χ1n) is 6.59. The number of rotatable bonds is 2. The standard InChI is InChI=1S/C16H16ClN3/c1-20-11-15(12-5-3-2-4-6-12)18-16(19-20)13-7-9-14(17)10-8-13/h2-10,15H,11H2,1H3,(H,18,19)/t15-/m1/s1. The highest BCUT2D eigenvalue weighted by molar-refractivity contribution is 6.30. The van der Waals surface area contributed by atoms with Crippen LogP contribution in [0.1, 0.15) is 17.2 Å². The maximum atomic E-state index is 5.93. The van der Waals surface area contributed by atoms with Crippen LogP contribution in [0.25, 0.3) is 0 Å². The van der Waals surface area contributed by atoms with Gasteiger partial charge in [-0.3, -0.25) is 4.99 Å². The van der Waals surface area contributed by atoms with Gasteiger partial charge >= 0.3 is 0 Å². The number of halogens is 1. The lowest BCUT2D eigenvalue weighted by Crippen LogP contribution is -2.45. The predicted molar refractivity (Wildman–Crippen MR) is 82.9 cm³/mol. The van der Waals surface area contributed by atoms with E-state index in [2.05, 4.69) is 34.7 Å². The van der Waals surface area contributed by atoms with Gasteiger partial charge in [-0.15, -0.1) is 0 Å². The van der Waals surface area contributed by atoms with Gasteiger partial charge in [-0.25, -0.2) is 5.01 Å². The molecular weight excluding hydrogens is 270 g/mol. The van der Waals surface area contributed by atoms with Gasteiger partial charge in [-0.05, 0) is 29.8 Å². The zero-order valence-electron chi connectivity index (χ0n) is 11.3. The molecule has 1 N–H and O–H groups in total. The monoisotopic (exact) mass is 285 g/mol. The van der Waals surface area contributed by atoms with Crippen molar-refractivity contribution in [1.82, 2.24) is 10.4 Å². The topological polar surface area (TPSA) is 27.6 Å². The molecule has 3 nitrogen and oxygen atoms in total. The molecule has 0 saturated carbocycles. The molecule has 1 atom stereocenters. The van der Waals surface area contributed by atoms with Gasteiger partial charge in [0.25, 0.3) is 0 Å². The van der Waals surface area contributed by atoms with Crippen LogP contribution in [0, 0.1) is 0 Å². The third-order valence-electron chi connectivity index (χ3n) is 3.33. The summed E-state index contributed by atoms with van der Waals surface area (Å²) in [7, 11) is 2.03. The SMILES string of the molecule is CN1C[C@H](c2ccccc2)N=C(c2ccc(Cl)cc2)N1. The van der Waals surface area contributed by atoms with E-state index in [0.717, 1.165) is 23.0 Å². The number of amidine groups is 1. The molecule has 0 saturated heterocycles. The number of nitrogens with one attached hydrogen (secondary N) is 1. The molecule has 2 aromatic carbocycles. The van der Waals surface area contributed by atoms with Crippen molar-refractivity contribution in [3.8, 4) is 0 Å². The number of hydrogen-bond donors (Lipinski definition) is 1. The smallest absolute Gasteiger partial charge is 0.143 e. The summed E-state index contributed by atoms with van der Waals surface area (Å²) >= 11 is 5.93. The molecule has 0 spiro atoms. The van der Waals surface area contributed by atoms with Crippen molar-refractivity contribution in [3.63, 3.8) is 0 Å². The zero-order valence-corrected chi connectivity index (χ0v) is 12.0. The molecule has 0 aromatic heterocycles. The summed E-state index contributed by atoms with van der Waals surface area (Å²) in [5, 5.41) is 2.80. The van der Waals surface area contributed by atoms with Crippen LogP contribution in [0.5, 0.6) is 0 Å². The summed E-state index contributed by atoms with van der Waals surface area (Å²) in [6, 6.07) is 18.2. The average molecular weight is 286 g/mol. The lowest BCUT2D eigenvalue weighted by Gasteiger charge is -2.30. The van der Waals surface area contributed by atoms with Gasteiger partial charge in [0.1, 0.15) is 5.84 Å². The molecule has 102 valence electrons. The molecular formula is C16H16ClN3. The highest BCUT2D eigenvalue weighted by Crippen LogP contribution is 2.22. The number of hydrazine groups is 1. The number of benzene rings is 2. The lowest BCUT2D eigenvalue weighted by atomic mass is 10.1. The molecule has 0 unspecified atom stereocenters. The number of hydrogen-bond acceptors (Lipinski definition) is 3. The fourth-order valence-corrected chi connectivity index (χ4v) is 2.44. The minimum absolute atomic E-state index is 0.146. The van der Waals surface area contributed by atoms with Gasteiger partial charge in [0, 0.05) is 24.2 Å². The second-order valence-electron chi connectivity index (χ2n) is 4.90. The molecule has 0 aliphatic carbocycles. The van der Waals surface area contributed by atoms with E-state index in [1.807, 2.05) is 37.4 Å². The number of aliphatic imine (C=N–C) groups is 1. The van der Waals surface area contributed by atoms with Crippen LogP contribution in [0.3, 0.4) is 0 Å². The fraction of sp³-hybridized carbons (Fsp3) is 0.188. The van der Waals surface area contributed by atoms with Gasteiger partial charge in [0.05, 0.1) is 6.04 Å². The molecule has 0 fully saturated rings. The summed E-state index contributed by atoms with van der Waals surface area (Å²) in [5.74, 6) is 0.879. The molecule has 0 amide bonds. The molecule has 1 heterocycles. The minimum Gasteiger partial charge on any atom is -0.303 e. The first-order chi connectivity index (χ1) is 9.72. The van der Waals surface area contributed by atoms with Crippen LogP contribution >= 0.6 is 11.6 Å². The predicted octanol–water partition coefficient (Wildman–Crippen LogP) is 3.28. The first-order valence-corrected chi connectivity index (χ1v) is 6.96. The molecule has 0 radical (unpaired) electrons. The molecule has 1 aliphatic heterocycles. The molecule has 2 aromatic rings. The Balaban J connectivity index is 1.94. The highest BCUT2D eigenvalue weighted by atomic mass is 35.5.